The molecule has 2 aromatic rings. The molecule has 2 aromatic heterocycles. The first-order valence-corrected chi connectivity index (χ1v) is 6.13. The lowest BCUT2D eigenvalue weighted by Crippen LogP contribution is -2.30. The zero-order valence-electron chi connectivity index (χ0n) is 10.9. The van der Waals surface area contributed by atoms with Gasteiger partial charge in [-0.1, -0.05) is 6.07 Å². The third-order valence-corrected chi connectivity index (χ3v) is 2.92. The van der Waals surface area contributed by atoms with Gasteiger partial charge in [0.1, 0.15) is 11.3 Å². The number of amides is 1. The summed E-state index contributed by atoms with van der Waals surface area (Å²) in [4.78, 5) is 26.5. The van der Waals surface area contributed by atoms with E-state index >= 15 is 0 Å². The Kier molecular flexibility index (Phi) is 3.99. The van der Waals surface area contributed by atoms with Crippen LogP contribution in [0.1, 0.15) is 22.6 Å². The van der Waals surface area contributed by atoms with Crippen molar-refractivity contribution in [3.05, 3.63) is 35.8 Å². The molecule has 0 aliphatic carbocycles. The average Bonchev–Trinajstić information content (AvgIpc) is 2.84. The van der Waals surface area contributed by atoms with Crippen LogP contribution in [-0.4, -0.2) is 44.1 Å². The minimum atomic E-state index is -1.47. The number of nitrogens with one attached hydrogen (secondary N) is 1. The number of carbonyl (C=O) groups excluding carboxylic acids is 1. The fraction of sp³-hybridized carbons (Fsp3) is 0.308. The highest BCUT2D eigenvalue weighted by molar-refractivity contribution is 5.92. The van der Waals surface area contributed by atoms with Gasteiger partial charge >= 0.3 is 5.97 Å². The van der Waals surface area contributed by atoms with E-state index in [0.717, 1.165) is 5.69 Å². The normalized spacial score (nSPS) is 12.3. The van der Waals surface area contributed by atoms with Crippen LogP contribution in [0.5, 0.6) is 0 Å². The lowest BCUT2D eigenvalue weighted by molar-refractivity contribution is -0.146. The Labute approximate surface area is 114 Å². The van der Waals surface area contributed by atoms with Crippen LogP contribution in [0.2, 0.25) is 0 Å². The molecule has 0 radical (unpaired) electrons. The van der Waals surface area contributed by atoms with Crippen molar-refractivity contribution in [3.63, 3.8) is 0 Å². The van der Waals surface area contributed by atoms with Crippen LogP contribution in [0.25, 0.3) is 5.65 Å². The largest absolute Gasteiger partial charge is 0.479 e. The number of aliphatic hydroxyl groups excluding tert-OH is 1. The summed E-state index contributed by atoms with van der Waals surface area (Å²) in [6, 6.07) is 5.54. The summed E-state index contributed by atoms with van der Waals surface area (Å²) < 4.78 is 1.79. The molecular weight excluding hydrogens is 262 g/mol. The Morgan fingerprint density at radius 2 is 2.20 bits per heavy atom. The molecule has 0 fully saturated rings. The van der Waals surface area contributed by atoms with Gasteiger partial charge in [-0.3, -0.25) is 4.79 Å². The highest BCUT2D eigenvalue weighted by atomic mass is 16.4. The van der Waals surface area contributed by atoms with E-state index in [4.69, 9.17) is 10.2 Å². The molecule has 3 N–H and O–H groups in total. The van der Waals surface area contributed by atoms with Crippen molar-refractivity contribution in [1.82, 2.24) is 14.7 Å². The standard InChI is InChI=1S/C13H15N3O4/c1-8-3-2-4-11-15-9(7-16(8)11)12(18)14-6-5-10(17)13(19)20/h2-4,7,10,17H,5-6H2,1H3,(H,14,18)(H,19,20)/t10-/m0/s1. The van der Waals surface area contributed by atoms with Crippen molar-refractivity contribution < 1.29 is 19.8 Å². The highest BCUT2D eigenvalue weighted by Gasteiger charge is 2.15. The maximum Gasteiger partial charge on any atom is 0.332 e. The van der Waals surface area contributed by atoms with Gasteiger partial charge in [0.2, 0.25) is 0 Å². The highest BCUT2D eigenvalue weighted by Crippen LogP contribution is 2.08. The Morgan fingerprint density at radius 3 is 2.85 bits per heavy atom. The number of aromatic nitrogens is 2. The fourth-order valence-electron chi connectivity index (χ4n) is 1.79. The molecule has 0 spiro atoms. The summed E-state index contributed by atoms with van der Waals surface area (Å²) in [6.07, 6.45) is 0.0970. The van der Waals surface area contributed by atoms with Gasteiger partial charge < -0.3 is 19.9 Å². The number of hydrogen-bond acceptors (Lipinski definition) is 4. The lowest BCUT2D eigenvalue weighted by Gasteiger charge is -2.05. The van der Waals surface area contributed by atoms with Gasteiger partial charge in [-0.25, -0.2) is 9.78 Å². The molecule has 106 valence electrons. The molecule has 0 aromatic carbocycles. The first-order chi connectivity index (χ1) is 9.49. The molecule has 0 aliphatic rings. The lowest BCUT2D eigenvalue weighted by atomic mass is 10.2. The summed E-state index contributed by atoms with van der Waals surface area (Å²) in [6.45, 7) is 1.97. The molecule has 7 nitrogen and oxygen atoms in total. The maximum absolute atomic E-state index is 11.9. The summed E-state index contributed by atoms with van der Waals surface area (Å²) in [5.74, 6) is -1.70. The number of carboxylic acid groups (broad SMARTS) is 1. The fourth-order valence-corrected chi connectivity index (χ4v) is 1.79. The van der Waals surface area contributed by atoms with Gasteiger partial charge in [-0.05, 0) is 19.1 Å². The second kappa shape index (κ2) is 5.70. The molecule has 0 bridgehead atoms. The first kappa shape index (κ1) is 14.0. The second-order valence-corrected chi connectivity index (χ2v) is 4.42. The molecule has 0 aliphatic heterocycles. The van der Waals surface area contributed by atoms with Crippen LogP contribution in [0, 0.1) is 6.92 Å². The topological polar surface area (TPSA) is 104 Å². The maximum atomic E-state index is 11.9. The van der Waals surface area contributed by atoms with Crippen LogP contribution in [0.4, 0.5) is 0 Å². The molecule has 1 atom stereocenters. The SMILES string of the molecule is Cc1cccc2nc(C(=O)NCC[C@H](O)C(=O)O)cn12. The number of aliphatic hydroxyl groups is 1. The number of aryl methyl sites for hydroxylation is 1. The monoisotopic (exact) mass is 277 g/mol. The minimum absolute atomic E-state index is 0.0481. The van der Waals surface area contributed by atoms with E-state index in [2.05, 4.69) is 10.3 Å². The van der Waals surface area contributed by atoms with Gasteiger partial charge in [-0.2, -0.15) is 0 Å². The third kappa shape index (κ3) is 2.94. The zero-order valence-corrected chi connectivity index (χ0v) is 10.9. The smallest absolute Gasteiger partial charge is 0.332 e. The molecular formula is C13H15N3O4. The van der Waals surface area contributed by atoms with Crippen molar-refractivity contribution in [2.45, 2.75) is 19.4 Å². The molecule has 2 heterocycles. The number of imidazole rings is 1. The summed E-state index contributed by atoms with van der Waals surface area (Å²) in [5, 5.41) is 20.1. The summed E-state index contributed by atoms with van der Waals surface area (Å²) in [7, 11) is 0. The number of nitrogens with zero attached hydrogens (tertiary/aromatic N) is 2. The van der Waals surface area contributed by atoms with Gasteiger partial charge in [0, 0.05) is 24.9 Å². The van der Waals surface area contributed by atoms with E-state index in [1.165, 1.54) is 0 Å². The van der Waals surface area contributed by atoms with Crippen molar-refractivity contribution >= 4 is 17.5 Å². The number of pyridine rings is 1. The number of fused-ring (bicyclic) bond motifs is 1. The molecule has 0 unspecified atom stereocenters. The third-order valence-electron chi connectivity index (χ3n) is 2.92. The van der Waals surface area contributed by atoms with Crippen LogP contribution >= 0.6 is 0 Å². The Hall–Kier alpha value is -2.41. The van der Waals surface area contributed by atoms with Crippen molar-refractivity contribution in [2.75, 3.05) is 6.54 Å². The van der Waals surface area contributed by atoms with Gasteiger partial charge in [0.05, 0.1) is 0 Å². The second-order valence-electron chi connectivity index (χ2n) is 4.42. The van der Waals surface area contributed by atoms with Gasteiger partial charge in [0.15, 0.2) is 6.10 Å². The first-order valence-electron chi connectivity index (χ1n) is 6.13. The van der Waals surface area contributed by atoms with Crippen LogP contribution in [0.15, 0.2) is 24.4 Å². The molecule has 1 amide bonds. The number of hydrogen-bond donors (Lipinski definition) is 3. The molecule has 7 heteroatoms. The quantitative estimate of drug-likeness (QED) is 0.724. The zero-order chi connectivity index (χ0) is 14.7. The van der Waals surface area contributed by atoms with Crippen molar-refractivity contribution in [1.29, 1.82) is 0 Å². The Balaban J connectivity index is 2.01. The van der Waals surface area contributed by atoms with E-state index in [1.54, 1.807) is 16.7 Å². The average molecular weight is 277 g/mol. The minimum Gasteiger partial charge on any atom is -0.479 e. The van der Waals surface area contributed by atoms with Crippen molar-refractivity contribution in [3.8, 4) is 0 Å². The number of carboxylic acids is 1. The predicted octanol–water partition coefficient (Wildman–Crippen LogP) is 0.208. The predicted molar refractivity (Wildman–Crippen MR) is 70.5 cm³/mol. The van der Waals surface area contributed by atoms with Gasteiger partial charge in [-0.15, -0.1) is 0 Å². The summed E-state index contributed by atoms with van der Waals surface area (Å²) in [5.41, 5.74) is 1.88. The van der Waals surface area contributed by atoms with E-state index in [0.29, 0.717) is 5.65 Å². The Morgan fingerprint density at radius 1 is 1.45 bits per heavy atom. The van der Waals surface area contributed by atoms with E-state index in [9.17, 15) is 9.59 Å². The molecule has 0 saturated heterocycles. The number of carbonyl (C=O) groups is 2. The van der Waals surface area contributed by atoms with Gasteiger partial charge in [0.25, 0.3) is 5.91 Å². The molecule has 20 heavy (non-hydrogen) atoms. The molecule has 0 saturated carbocycles. The van der Waals surface area contributed by atoms with E-state index in [-0.39, 0.29) is 18.7 Å². The van der Waals surface area contributed by atoms with Crippen LogP contribution in [-0.2, 0) is 4.79 Å². The van der Waals surface area contributed by atoms with Crippen LogP contribution in [0.3, 0.4) is 0 Å². The van der Waals surface area contributed by atoms with Crippen molar-refractivity contribution in [2.24, 2.45) is 0 Å². The summed E-state index contributed by atoms with van der Waals surface area (Å²) >= 11 is 0. The molecule has 2 rings (SSSR count). The van der Waals surface area contributed by atoms with Crippen LogP contribution < -0.4 is 5.32 Å². The number of rotatable bonds is 5. The Bertz CT molecular complexity index is 650. The number of aliphatic carboxylic acids is 1. The van der Waals surface area contributed by atoms with E-state index < -0.39 is 18.0 Å². The van der Waals surface area contributed by atoms with E-state index in [1.807, 2.05) is 19.1 Å².